The lowest BCUT2D eigenvalue weighted by molar-refractivity contribution is -0.123. The number of unbranched alkanes of at least 4 members (excludes halogenated alkanes) is 1. The first-order valence-corrected chi connectivity index (χ1v) is 15.1. The number of aryl methyl sites for hydroxylation is 1. The number of aromatic nitrogens is 1. The zero-order valence-electron chi connectivity index (χ0n) is 26.0. The normalized spacial score (nSPS) is 12.0. The molecule has 0 saturated carbocycles. The van der Waals surface area contributed by atoms with E-state index in [-0.39, 0.29) is 24.7 Å². The lowest BCUT2D eigenvalue weighted by Crippen LogP contribution is -2.49. The average molecular weight is 595 g/mol. The van der Waals surface area contributed by atoms with Crippen molar-refractivity contribution < 1.29 is 19.1 Å². The molecule has 0 radical (unpaired) electrons. The topological polar surface area (TPSA) is 109 Å². The van der Waals surface area contributed by atoms with Crippen molar-refractivity contribution in [3.05, 3.63) is 102 Å². The van der Waals surface area contributed by atoms with Crippen LogP contribution in [0.5, 0.6) is 0 Å². The van der Waals surface area contributed by atoms with Gasteiger partial charge < -0.3 is 20.7 Å². The van der Waals surface area contributed by atoms with E-state index in [1.54, 1.807) is 32.9 Å². The van der Waals surface area contributed by atoms with Crippen LogP contribution < -0.4 is 16.0 Å². The minimum Gasteiger partial charge on any atom is -0.444 e. The molecule has 44 heavy (non-hydrogen) atoms. The van der Waals surface area contributed by atoms with E-state index in [1.807, 2.05) is 79.7 Å². The molecule has 0 fully saturated rings. The number of Topliss-reactive ketones (excluding diaryl/α,β-unsaturated/α-hetero) is 1. The van der Waals surface area contributed by atoms with Gasteiger partial charge in [0.2, 0.25) is 5.91 Å². The van der Waals surface area contributed by atoms with Crippen LogP contribution in [0, 0.1) is 6.92 Å². The summed E-state index contributed by atoms with van der Waals surface area (Å²) in [5.74, 6) is -0.252. The minimum absolute atomic E-state index is 0.0447. The summed E-state index contributed by atoms with van der Waals surface area (Å²) >= 11 is 0. The fraction of sp³-hybridized carbons (Fsp3) is 0.333. The molecule has 0 saturated heterocycles. The summed E-state index contributed by atoms with van der Waals surface area (Å²) in [6.07, 6.45) is 1.07. The lowest BCUT2D eigenvalue weighted by Gasteiger charge is -2.25. The van der Waals surface area contributed by atoms with E-state index < -0.39 is 17.7 Å². The average Bonchev–Trinajstić information content (AvgIpc) is 3.00. The number of nitrogens with zero attached hydrogens (tertiary/aromatic N) is 1. The highest BCUT2D eigenvalue weighted by atomic mass is 16.6. The number of pyridine rings is 1. The SMILES string of the molecule is Cc1nc2ccccc2c(-c2ccccc2)c1CC(NC(=O)OC(C)(C)C)C(=O)NCCCCNCC(=O)c1ccccc1. The van der Waals surface area contributed by atoms with Crippen molar-refractivity contribution in [3.8, 4) is 11.1 Å². The van der Waals surface area contributed by atoms with Crippen LogP contribution in [0.15, 0.2) is 84.9 Å². The monoisotopic (exact) mass is 594 g/mol. The van der Waals surface area contributed by atoms with Gasteiger partial charge in [0.15, 0.2) is 5.78 Å². The van der Waals surface area contributed by atoms with Gasteiger partial charge in [-0.05, 0) is 69.8 Å². The Hall–Kier alpha value is -4.56. The molecule has 1 unspecified atom stereocenters. The molecule has 0 aliphatic carbocycles. The number of alkyl carbamates (subject to hydrolysis) is 1. The molecule has 3 N–H and O–H groups in total. The van der Waals surface area contributed by atoms with E-state index in [4.69, 9.17) is 9.72 Å². The molecular weight excluding hydrogens is 552 g/mol. The van der Waals surface area contributed by atoms with Crippen LogP contribution in [0.25, 0.3) is 22.0 Å². The van der Waals surface area contributed by atoms with Gasteiger partial charge in [-0.3, -0.25) is 14.6 Å². The highest BCUT2D eigenvalue weighted by molar-refractivity contribution is 5.98. The Balaban J connectivity index is 1.45. The van der Waals surface area contributed by atoms with Crippen molar-refractivity contribution in [3.63, 3.8) is 0 Å². The number of rotatable bonds is 13. The predicted molar refractivity (Wildman–Crippen MR) is 175 cm³/mol. The molecule has 4 rings (SSSR count). The number of ether oxygens (including phenoxy) is 1. The van der Waals surface area contributed by atoms with Crippen molar-refractivity contribution in [2.45, 2.75) is 58.6 Å². The van der Waals surface area contributed by atoms with Gasteiger partial charge in [0.1, 0.15) is 11.6 Å². The number of nitrogens with one attached hydrogen (secondary N) is 3. The van der Waals surface area contributed by atoms with Crippen molar-refractivity contribution in [1.29, 1.82) is 0 Å². The number of amides is 2. The van der Waals surface area contributed by atoms with Crippen LogP contribution in [0.4, 0.5) is 4.79 Å². The maximum Gasteiger partial charge on any atom is 0.408 e. The largest absolute Gasteiger partial charge is 0.444 e. The van der Waals surface area contributed by atoms with Gasteiger partial charge in [-0.2, -0.15) is 0 Å². The standard InChI is InChI=1S/C36H42N4O4/c1-25-29(33(27-17-9-6-10-18-27)28-19-11-12-20-30(28)39-25)23-31(40-35(43)44-36(2,3)4)34(42)38-22-14-13-21-37-24-32(41)26-15-7-5-8-16-26/h5-12,15-20,31,37H,13-14,21-24H2,1-4H3,(H,38,42)(H,40,43). The second-order valence-electron chi connectivity index (χ2n) is 11.8. The number of para-hydroxylation sites is 1. The van der Waals surface area contributed by atoms with Crippen LogP contribution in [0.1, 0.15) is 55.2 Å². The first-order chi connectivity index (χ1) is 21.1. The summed E-state index contributed by atoms with van der Waals surface area (Å²) in [6, 6.07) is 26.3. The second kappa shape index (κ2) is 15.3. The quantitative estimate of drug-likeness (QED) is 0.129. The highest BCUT2D eigenvalue weighted by Crippen LogP contribution is 2.33. The molecule has 8 nitrogen and oxygen atoms in total. The van der Waals surface area contributed by atoms with Crippen LogP contribution in [0.2, 0.25) is 0 Å². The molecule has 1 aromatic heterocycles. The number of ketones is 1. The van der Waals surface area contributed by atoms with Gasteiger partial charge in [-0.15, -0.1) is 0 Å². The Morgan fingerprint density at radius 3 is 2.18 bits per heavy atom. The number of carbonyl (C=O) groups excluding carboxylic acids is 3. The minimum atomic E-state index is -0.879. The number of hydrogen-bond acceptors (Lipinski definition) is 6. The second-order valence-corrected chi connectivity index (χ2v) is 11.8. The third-order valence-corrected chi connectivity index (χ3v) is 7.14. The fourth-order valence-electron chi connectivity index (χ4n) is 5.06. The van der Waals surface area contributed by atoms with Crippen molar-refractivity contribution in [2.24, 2.45) is 0 Å². The van der Waals surface area contributed by atoms with Gasteiger partial charge in [0.05, 0.1) is 12.1 Å². The summed E-state index contributed by atoms with van der Waals surface area (Å²) < 4.78 is 5.51. The maximum atomic E-state index is 13.5. The molecule has 0 bridgehead atoms. The molecule has 0 aliphatic rings. The van der Waals surface area contributed by atoms with E-state index >= 15 is 0 Å². The Kier molecular flexibility index (Phi) is 11.2. The van der Waals surface area contributed by atoms with Gasteiger partial charge >= 0.3 is 6.09 Å². The number of carbonyl (C=O) groups is 3. The molecule has 0 aliphatic heterocycles. The van der Waals surface area contributed by atoms with Gasteiger partial charge in [-0.1, -0.05) is 78.9 Å². The predicted octanol–water partition coefficient (Wildman–Crippen LogP) is 6.01. The van der Waals surface area contributed by atoms with Crippen molar-refractivity contribution >= 4 is 28.7 Å². The van der Waals surface area contributed by atoms with Crippen LogP contribution in [-0.2, 0) is 16.0 Å². The summed E-state index contributed by atoms with van der Waals surface area (Å²) in [6.45, 7) is 8.64. The number of fused-ring (bicyclic) bond motifs is 1. The fourth-order valence-corrected chi connectivity index (χ4v) is 5.06. The zero-order chi connectivity index (χ0) is 31.5. The molecule has 0 spiro atoms. The Labute approximate surface area is 259 Å². The van der Waals surface area contributed by atoms with Crippen molar-refractivity contribution in [2.75, 3.05) is 19.6 Å². The molecule has 2 amide bonds. The zero-order valence-corrected chi connectivity index (χ0v) is 26.0. The first kappa shape index (κ1) is 32.4. The third-order valence-electron chi connectivity index (χ3n) is 7.14. The van der Waals surface area contributed by atoms with Crippen LogP contribution in [0.3, 0.4) is 0 Å². The molecular formula is C36H42N4O4. The molecule has 3 aromatic carbocycles. The van der Waals surface area contributed by atoms with E-state index in [9.17, 15) is 14.4 Å². The summed E-state index contributed by atoms with van der Waals surface area (Å²) in [5, 5.41) is 9.96. The van der Waals surface area contributed by atoms with E-state index in [1.165, 1.54) is 0 Å². The van der Waals surface area contributed by atoms with E-state index in [0.717, 1.165) is 39.7 Å². The number of benzene rings is 3. The first-order valence-electron chi connectivity index (χ1n) is 15.1. The summed E-state index contributed by atoms with van der Waals surface area (Å²) in [5.41, 5.74) is 4.53. The molecule has 4 aromatic rings. The van der Waals surface area contributed by atoms with Gasteiger partial charge in [-0.25, -0.2) is 4.79 Å². The summed E-state index contributed by atoms with van der Waals surface area (Å²) in [4.78, 5) is 43.5. The molecule has 8 heteroatoms. The molecule has 1 heterocycles. The Morgan fingerprint density at radius 2 is 1.48 bits per heavy atom. The molecule has 230 valence electrons. The highest BCUT2D eigenvalue weighted by Gasteiger charge is 2.27. The smallest absolute Gasteiger partial charge is 0.408 e. The van der Waals surface area contributed by atoms with Gasteiger partial charge in [0, 0.05) is 29.6 Å². The molecule has 1 atom stereocenters. The van der Waals surface area contributed by atoms with Crippen molar-refractivity contribution in [1.82, 2.24) is 20.9 Å². The van der Waals surface area contributed by atoms with E-state index in [0.29, 0.717) is 25.1 Å². The lowest BCUT2D eigenvalue weighted by atomic mass is 9.90. The van der Waals surface area contributed by atoms with Gasteiger partial charge in [0.25, 0.3) is 0 Å². The summed E-state index contributed by atoms with van der Waals surface area (Å²) in [7, 11) is 0. The Bertz CT molecular complexity index is 1570. The number of hydrogen-bond donors (Lipinski definition) is 3. The Morgan fingerprint density at radius 1 is 0.841 bits per heavy atom. The van der Waals surface area contributed by atoms with E-state index in [2.05, 4.69) is 16.0 Å². The maximum absolute atomic E-state index is 13.5. The van der Waals surface area contributed by atoms with Crippen LogP contribution >= 0.6 is 0 Å². The third kappa shape index (κ3) is 9.22. The van der Waals surface area contributed by atoms with Crippen LogP contribution in [-0.4, -0.2) is 54.0 Å².